The van der Waals surface area contributed by atoms with Crippen molar-refractivity contribution in [2.45, 2.75) is 19.3 Å². The van der Waals surface area contributed by atoms with Crippen LogP contribution in [0.2, 0.25) is 0 Å². The molecule has 1 N–H and O–H groups in total. The quantitative estimate of drug-likeness (QED) is 0.874. The predicted octanol–water partition coefficient (Wildman–Crippen LogP) is 3.50. The van der Waals surface area contributed by atoms with E-state index >= 15 is 0 Å². The zero-order valence-corrected chi connectivity index (χ0v) is 15.7. The van der Waals surface area contributed by atoms with Crippen LogP contribution < -0.4 is 5.32 Å². The van der Waals surface area contributed by atoms with Gasteiger partial charge in [0.2, 0.25) is 5.91 Å². The van der Waals surface area contributed by atoms with E-state index < -0.39 is 0 Å². The van der Waals surface area contributed by atoms with E-state index in [-0.39, 0.29) is 11.8 Å². The molecule has 0 radical (unpaired) electrons. The standard InChI is InChI=1S/C20H25N3O2S/c24-20(16-4-7-23(8-5-16)11-15-6-9-25-12-15)22-18-3-1-2-17(10-18)19-13-26-14-21-19/h1-3,10,13-16H,4-9,11-12H2,(H,22,24). The summed E-state index contributed by atoms with van der Waals surface area (Å²) in [5.41, 5.74) is 4.67. The fourth-order valence-electron chi connectivity index (χ4n) is 3.83. The largest absolute Gasteiger partial charge is 0.381 e. The van der Waals surface area contributed by atoms with Gasteiger partial charge in [-0.3, -0.25) is 4.79 Å². The maximum atomic E-state index is 12.7. The number of rotatable bonds is 5. The number of likely N-dealkylation sites (tertiary alicyclic amines) is 1. The summed E-state index contributed by atoms with van der Waals surface area (Å²) in [4.78, 5) is 19.5. The predicted molar refractivity (Wildman–Crippen MR) is 104 cm³/mol. The summed E-state index contributed by atoms with van der Waals surface area (Å²) in [7, 11) is 0. The van der Waals surface area contributed by atoms with Crippen molar-refractivity contribution in [1.82, 2.24) is 9.88 Å². The minimum absolute atomic E-state index is 0.106. The molecule has 2 aromatic rings. The molecule has 5 nitrogen and oxygen atoms in total. The molecule has 4 rings (SSSR count). The first-order valence-corrected chi connectivity index (χ1v) is 10.3. The van der Waals surface area contributed by atoms with E-state index in [1.807, 2.05) is 35.2 Å². The number of anilines is 1. The van der Waals surface area contributed by atoms with E-state index in [1.165, 1.54) is 6.42 Å². The summed E-state index contributed by atoms with van der Waals surface area (Å²) >= 11 is 1.58. The fraction of sp³-hybridized carbons (Fsp3) is 0.500. The first-order chi connectivity index (χ1) is 12.8. The SMILES string of the molecule is O=C(Nc1cccc(-c2cscn2)c1)C1CCN(CC2CCOC2)CC1. The van der Waals surface area contributed by atoms with Crippen LogP contribution in [0.4, 0.5) is 5.69 Å². The average molecular weight is 372 g/mol. The second-order valence-electron chi connectivity index (χ2n) is 7.25. The number of thiazole rings is 1. The number of benzene rings is 1. The molecule has 2 fully saturated rings. The van der Waals surface area contributed by atoms with Gasteiger partial charge in [0.05, 0.1) is 17.8 Å². The van der Waals surface area contributed by atoms with E-state index in [0.29, 0.717) is 5.92 Å². The van der Waals surface area contributed by atoms with Crippen molar-refractivity contribution in [1.29, 1.82) is 0 Å². The van der Waals surface area contributed by atoms with E-state index in [9.17, 15) is 4.79 Å². The van der Waals surface area contributed by atoms with Crippen LogP contribution in [0, 0.1) is 11.8 Å². The van der Waals surface area contributed by atoms with Gasteiger partial charge in [-0.05, 0) is 50.4 Å². The smallest absolute Gasteiger partial charge is 0.227 e. The number of carbonyl (C=O) groups is 1. The highest BCUT2D eigenvalue weighted by Crippen LogP contribution is 2.25. The molecule has 1 aromatic carbocycles. The van der Waals surface area contributed by atoms with Crippen molar-refractivity contribution in [3.8, 4) is 11.3 Å². The number of piperidine rings is 1. The second-order valence-corrected chi connectivity index (χ2v) is 7.97. The number of aromatic nitrogens is 1. The first kappa shape index (κ1) is 17.6. The van der Waals surface area contributed by atoms with Crippen molar-refractivity contribution in [3.05, 3.63) is 35.2 Å². The maximum absolute atomic E-state index is 12.7. The topological polar surface area (TPSA) is 54.5 Å². The normalized spacial score (nSPS) is 21.8. The van der Waals surface area contributed by atoms with Gasteiger partial charge in [0.25, 0.3) is 0 Å². The molecular weight excluding hydrogens is 346 g/mol. The number of carbonyl (C=O) groups excluding carboxylic acids is 1. The van der Waals surface area contributed by atoms with Crippen LogP contribution in [-0.2, 0) is 9.53 Å². The molecule has 0 bridgehead atoms. The highest BCUT2D eigenvalue weighted by Gasteiger charge is 2.27. The van der Waals surface area contributed by atoms with E-state index in [2.05, 4.69) is 15.2 Å². The average Bonchev–Trinajstić information content (AvgIpc) is 3.37. The number of nitrogens with one attached hydrogen (secondary N) is 1. The molecule has 1 atom stereocenters. The molecule has 26 heavy (non-hydrogen) atoms. The Morgan fingerprint density at radius 3 is 2.92 bits per heavy atom. The molecule has 1 amide bonds. The lowest BCUT2D eigenvalue weighted by atomic mass is 9.94. The number of nitrogens with zero attached hydrogens (tertiary/aromatic N) is 2. The van der Waals surface area contributed by atoms with Gasteiger partial charge < -0.3 is 15.0 Å². The third-order valence-corrected chi connectivity index (χ3v) is 5.94. The van der Waals surface area contributed by atoms with Gasteiger partial charge in [-0.1, -0.05) is 12.1 Å². The van der Waals surface area contributed by atoms with Gasteiger partial charge in [0.15, 0.2) is 0 Å². The van der Waals surface area contributed by atoms with Gasteiger partial charge >= 0.3 is 0 Å². The number of ether oxygens (including phenoxy) is 1. The van der Waals surface area contributed by atoms with Crippen LogP contribution in [0.15, 0.2) is 35.2 Å². The summed E-state index contributed by atoms with van der Waals surface area (Å²) < 4.78 is 5.47. The summed E-state index contributed by atoms with van der Waals surface area (Å²) in [5, 5.41) is 5.12. The van der Waals surface area contributed by atoms with Crippen LogP contribution in [0.25, 0.3) is 11.3 Å². The molecule has 0 spiro atoms. The summed E-state index contributed by atoms with van der Waals surface area (Å²) in [6.07, 6.45) is 3.05. The zero-order valence-electron chi connectivity index (χ0n) is 14.9. The summed E-state index contributed by atoms with van der Waals surface area (Å²) in [6.45, 7) is 4.93. The lowest BCUT2D eigenvalue weighted by Gasteiger charge is -2.32. The van der Waals surface area contributed by atoms with Crippen molar-refractivity contribution in [2.75, 3.05) is 38.2 Å². The van der Waals surface area contributed by atoms with Crippen molar-refractivity contribution in [2.24, 2.45) is 11.8 Å². The Kier molecular flexibility index (Phi) is 5.62. The van der Waals surface area contributed by atoms with Crippen molar-refractivity contribution >= 4 is 22.9 Å². The number of hydrogen-bond donors (Lipinski definition) is 1. The molecule has 1 aromatic heterocycles. The van der Waals surface area contributed by atoms with E-state index in [0.717, 1.165) is 62.6 Å². The Morgan fingerprint density at radius 2 is 2.19 bits per heavy atom. The Morgan fingerprint density at radius 1 is 1.31 bits per heavy atom. The molecule has 2 aliphatic heterocycles. The van der Waals surface area contributed by atoms with Crippen LogP contribution in [0.3, 0.4) is 0 Å². The molecule has 1 unspecified atom stereocenters. The molecule has 138 valence electrons. The van der Waals surface area contributed by atoms with Gasteiger partial charge in [-0.25, -0.2) is 4.98 Å². The zero-order chi connectivity index (χ0) is 17.8. The second kappa shape index (κ2) is 8.29. The van der Waals surface area contributed by atoms with Crippen LogP contribution in [0.1, 0.15) is 19.3 Å². The maximum Gasteiger partial charge on any atom is 0.227 e. The van der Waals surface area contributed by atoms with Gasteiger partial charge in [0.1, 0.15) is 0 Å². The lowest BCUT2D eigenvalue weighted by molar-refractivity contribution is -0.121. The Balaban J connectivity index is 1.29. The third-order valence-electron chi connectivity index (χ3n) is 5.36. The molecule has 3 heterocycles. The minimum Gasteiger partial charge on any atom is -0.381 e. The molecule has 0 saturated carbocycles. The molecule has 2 aliphatic rings. The van der Waals surface area contributed by atoms with Gasteiger partial charge in [-0.15, -0.1) is 11.3 Å². The van der Waals surface area contributed by atoms with Crippen LogP contribution in [-0.4, -0.2) is 48.6 Å². The first-order valence-electron chi connectivity index (χ1n) is 9.37. The highest BCUT2D eigenvalue weighted by molar-refractivity contribution is 7.07. The summed E-state index contributed by atoms with van der Waals surface area (Å²) in [6, 6.07) is 7.94. The molecule has 0 aliphatic carbocycles. The Hall–Kier alpha value is -1.76. The lowest BCUT2D eigenvalue weighted by Crippen LogP contribution is -2.40. The van der Waals surface area contributed by atoms with Gasteiger partial charge in [-0.2, -0.15) is 0 Å². The Labute approximate surface area is 158 Å². The molecule has 2 saturated heterocycles. The number of amides is 1. The molecular formula is C20H25N3O2S. The monoisotopic (exact) mass is 371 g/mol. The molecule has 6 heteroatoms. The Bertz CT molecular complexity index is 720. The fourth-order valence-corrected chi connectivity index (χ4v) is 4.39. The highest BCUT2D eigenvalue weighted by atomic mass is 32.1. The van der Waals surface area contributed by atoms with Crippen LogP contribution in [0.5, 0.6) is 0 Å². The van der Waals surface area contributed by atoms with Crippen molar-refractivity contribution in [3.63, 3.8) is 0 Å². The van der Waals surface area contributed by atoms with Crippen LogP contribution >= 0.6 is 11.3 Å². The summed E-state index contributed by atoms with van der Waals surface area (Å²) in [5.74, 6) is 0.923. The third kappa shape index (κ3) is 4.31. The van der Waals surface area contributed by atoms with Gasteiger partial charge in [0, 0.05) is 35.7 Å². The van der Waals surface area contributed by atoms with Crippen molar-refractivity contribution < 1.29 is 9.53 Å². The minimum atomic E-state index is 0.106. The van der Waals surface area contributed by atoms with E-state index in [4.69, 9.17) is 4.74 Å². The number of hydrogen-bond acceptors (Lipinski definition) is 5. The van der Waals surface area contributed by atoms with E-state index in [1.54, 1.807) is 11.3 Å².